The second-order valence-corrected chi connectivity index (χ2v) is 8.80. The lowest BCUT2D eigenvalue weighted by atomic mass is 9.92. The maximum absolute atomic E-state index is 5.68. The number of nitrogens with zero attached hydrogens (tertiary/aromatic N) is 6. The molecular weight excluding hydrogens is 424 g/mol. The van der Waals surface area contributed by atoms with Gasteiger partial charge in [-0.1, -0.05) is 36.4 Å². The molecule has 0 saturated carbocycles. The average Bonchev–Trinajstić information content (AvgIpc) is 3.48. The van der Waals surface area contributed by atoms with Gasteiger partial charge in [-0.2, -0.15) is 9.50 Å². The van der Waals surface area contributed by atoms with Gasteiger partial charge in [0.1, 0.15) is 5.75 Å². The zero-order valence-electron chi connectivity index (χ0n) is 19.4. The third kappa shape index (κ3) is 3.63. The van der Waals surface area contributed by atoms with Crippen LogP contribution in [0.25, 0.3) is 22.7 Å². The first-order valence-electron chi connectivity index (χ1n) is 11.7. The largest absolute Gasteiger partial charge is 0.495 e. The first-order chi connectivity index (χ1) is 16.7. The minimum absolute atomic E-state index is 0.599. The molecule has 0 amide bonds. The Labute approximate surface area is 198 Å². The number of fused-ring (bicyclic) bond motifs is 2. The van der Waals surface area contributed by atoms with Crippen molar-refractivity contribution in [2.75, 3.05) is 7.11 Å². The Morgan fingerprint density at radius 3 is 2.65 bits per heavy atom. The molecule has 5 aromatic rings. The van der Waals surface area contributed by atoms with Gasteiger partial charge in [-0.05, 0) is 50.3 Å². The molecule has 0 N–H and O–H groups in total. The molecule has 0 spiro atoms. The Morgan fingerprint density at radius 1 is 1.00 bits per heavy atom. The molecule has 1 aliphatic carbocycles. The summed E-state index contributed by atoms with van der Waals surface area (Å²) in [5.41, 5.74) is 7.76. The van der Waals surface area contributed by atoms with Gasteiger partial charge in [0.05, 0.1) is 30.5 Å². The topological polar surface area (TPSA) is 70.1 Å². The van der Waals surface area contributed by atoms with E-state index in [1.54, 1.807) is 13.4 Å². The Balaban J connectivity index is 1.41. The Kier molecular flexibility index (Phi) is 5.09. The second kappa shape index (κ2) is 8.41. The van der Waals surface area contributed by atoms with E-state index >= 15 is 0 Å². The van der Waals surface area contributed by atoms with Crippen molar-refractivity contribution in [2.24, 2.45) is 0 Å². The number of aromatic nitrogens is 6. The maximum atomic E-state index is 5.68. The van der Waals surface area contributed by atoms with Crippen molar-refractivity contribution >= 4 is 5.78 Å². The molecular formula is C27H26N6O. The molecule has 6 rings (SSSR count). The van der Waals surface area contributed by atoms with Crippen LogP contribution in [0.15, 0.2) is 61.1 Å². The van der Waals surface area contributed by atoms with Crippen LogP contribution >= 0.6 is 0 Å². The van der Waals surface area contributed by atoms with E-state index < -0.39 is 0 Å². The summed E-state index contributed by atoms with van der Waals surface area (Å²) < 4.78 is 9.60. The predicted octanol–water partition coefficient (Wildman–Crippen LogP) is 4.76. The van der Waals surface area contributed by atoms with Crippen LogP contribution in [0.5, 0.6) is 5.75 Å². The van der Waals surface area contributed by atoms with Gasteiger partial charge >= 0.3 is 0 Å². The number of aryl methyl sites for hydroxylation is 2. The number of benzene rings is 2. The van der Waals surface area contributed by atoms with Gasteiger partial charge in [0, 0.05) is 29.4 Å². The van der Waals surface area contributed by atoms with Crippen molar-refractivity contribution in [3.63, 3.8) is 0 Å². The van der Waals surface area contributed by atoms with Crippen LogP contribution in [0, 0.1) is 6.92 Å². The SMILES string of the molecule is COc1cc(Cc2nc3nc4c(c(-c5ccccc5)n3n2)CCCC4)ccc1-n1cnc(C)c1. The highest BCUT2D eigenvalue weighted by atomic mass is 16.5. The fraction of sp³-hybridized carbons (Fsp3) is 0.259. The molecule has 0 aliphatic heterocycles. The molecule has 0 radical (unpaired) electrons. The number of hydrogen-bond acceptors (Lipinski definition) is 5. The van der Waals surface area contributed by atoms with E-state index in [-0.39, 0.29) is 0 Å². The second-order valence-electron chi connectivity index (χ2n) is 8.80. The number of rotatable bonds is 5. The minimum atomic E-state index is 0.599. The van der Waals surface area contributed by atoms with Gasteiger partial charge < -0.3 is 9.30 Å². The lowest BCUT2D eigenvalue weighted by molar-refractivity contribution is 0.412. The summed E-state index contributed by atoms with van der Waals surface area (Å²) in [6.45, 7) is 1.97. The molecule has 0 unspecified atom stereocenters. The van der Waals surface area contributed by atoms with E-state index in [1.165, 1.54) is 24.1 Å². The first kappa shape index (κ1) is 20.6. The van der Waals surface area contributed by atoms with Gasteiger partial charge in [0.15, 0.2) is 5.82 Å². The fourth-order valence-corrected chi connectivity index (χ4v) is 4.83. The molecule has 7 nitrogen and oxygen atoms in total. The number of imidazole rings is 1. The predicted molar refractivity (Wildman–Crippen MR) is 131 cm³/mol. The third-order valence-electron chi connectivity index (χ3n) is 6.45. The quantitative estimate of drug-likeness (QED) is 0.386. The van der Waals surface area contributed by atoms with E-state index in [0.717, 1.165) is 52.6 Å². The van der Waals surface area contributed by atoms with Gasteiger partial charge in [0.25, 0.3) is 5.78 Å². The van der Waals surface area contributed by atoms with E-state index in [0.29, 0.717) is 12.2 Å². The van der Waals surface area contributed by atoms with Crippen LogP contribution in [0.3, 0.4) is 0 Å². The molecule has 0 fully saturated rings. The van der Waals surface area contributed by atoms with Crippen molar-refractivity contribution < 1.29 is 4.74 Å². The van der Waals surface area contributed by atoms with Crippen LogP contribution < -0.4 is 4.74 Å². The summed E-state index contributed by atoms with van der Waals surface area (Å²) >= 11 is 0. The van der Waals surface area contributed by atoms with E-state index in [1.807, 2.05) is 34.3 Å². The molecule has 0 atom stereocenters. The Morgan fingerprint density at radius 2 is 1.85 bits per heavy atom. The van der Waals surface area contributed by atoms with Crippen molar-refractivity contribution in [3.8, 4) is 22.7 Å². The first-order valence-corrected chi connectivity index (χ1v) is 11.7. The molecule has 0 saturated heterocycles. The van der Waals surface area contributed by atoms with Crippen LogP contribution in [-0.4, -0.2) is 36.2 Å². The molecule has 3 aromatic heterocycles. The summed E-state index contributed by atoms with van der Waals surface area (Å²) in [6.07, 6.45) is 8.78. The maximum Gasteiger partial charge on any atom is 0.253 e. The highest BCUT2D eigenvalue weighted by Gasteiger charge is 2.22. The van der Waals surface area contributed by atoms with Crippen molar-refractivity contribution in [1.82, 2.24) is 29.1 Å². The van der Waals surface area contributed by atoms with Crippen LogP contribution in [0.1, 0.15) is 41.2 Å². The summed E-state index contributed by atoms with van der Waals surface area (Å²) in [5, 5.41) is 4.92. The smallest absolute Gasteiger partial charge is 0.253 e. The molecule has 34 heavy (non-hydrogen) atoms. The molecule has 0 bridgehead atoms. The molecule has 170 valence electrons. The minimum Gasteiger partial charge on any atom is -0.495 e. The van der Waals surface area contributed by atoms with Crippen molar-refractivity contribution in [1.29, 1.82) is 0 Å². The third-order valence-corrected chi connectivity index (χ3v) is 6.45. The fourth-order valence-electron chi connectivity index (χ4n) is 4.83. The number of hydrogen-bond donors (Lipinski definition) is 0. The van der Waals surface area contributed by atoms with E-state index in [9.17, 15) is 0 Å². The van der Waals surface area contributed by atoms with Gasteiger partial charge in [0.2, 0.25) is 0 Å². The summed E-state index contributed by atoms with van der Waals surface area (Å²) in [5.74, 6) is 2.21. The summed E-state index contributed by atoms with van der Waals surface area (Å²) in [6, 6.07) is 16.7. The molecule has 3 heterocycles. The number of methoxy groups -OCH3 is 1. The lowest BCUT2D eigenvalue weighted by Crippen LogP contribution is -2.12. The normalized spacial score (nSPS) is 13.2. The van der Waals surface area contributed by atoms with Crippen LogP contribution in [0.4, 0.5) is 0 Å². The van der Waals surface area contributed by atoms with Crippen LogP contribution in [0.2, 0.25) is 0 Å². The standard InChI is InChI=1S/C27H26N6O/c1-18-16-32(17-28-18)23-13-12-19(14-24(23)34-2)15-25-30-27-29-22-11-7-6-10-21(22)26(33(27)31-25)20-8-4-3-5-9-20/h3-5,8-9,12-14,16-17H,6-7,10-11,15H2,1-2H3. The molecule has 1 aliphatic rings. The van der Waals surface area contributed by atoms with Gasteiger partial charge in [-0.3, -0.25) is 0 Å². The lowest BCUT2D eigenvalue weighted by Gasteiger charge is -2.19. The molecule has 7 heteroatoms. The highest BCUT2D eigenvalue weighted by molar-refractivity contribution is 5.67. The van der Waals surface area contributed by atoms with Gasteiger partial charge in [-0.25, -0.2) is 9.97 Å². The zero-order valence-corrected chi connectivity index (χ0v) is 19.4. The van der Waals surface area contributed by atoms with E-state index in [4.69, 9.17) is 19.8 Å². The number of ether oxygens (including phenoxy) is 1. The van der Waals surface area contributed by atoms with Crippen molar-refractivity contribution in [3.05, 3.63) is 89.4 Å². The zero-order chi connectivity index (χ0) is 23.1. The average molecular weight is 451 g/mol. The summed E-state index contributed by atoms with van der Waals surface area (Å²) in [7, 11) is 1.69. The van der Waals surface area contributed by atoms with E-state index in [2.05, 4.69) is 41.4 Å². The molecule has 2 aromatic carbocycles. The Hall–Kier alpha value is -4.00. The van der Waals surface area contributed by atoms with Gasteiger partial charge in [-0.15, -0.1) is 5.10 Å². The highest BCUT2D eigenvalue weighted by Crippen LogP contribution is 2.31. The monoisotopic (exact) mass is 450 g/mol. The van der Waals surface area contributed by atoms with Crippen molar-refractivity contribution in [2.45, 2.75) is 39.0 Å². The Bertz CT molecular complexity index is 1480. The van der Waals surface area contributed by atoms with Crippen LogP contribution in [-0.2, 0) is 19.3 Å². The summed E-state index contributed by atoms with van der Waals surface area (Å²) in [4.78, 5) is 14.1.